The number of nitrogens with one attached hydrogen (secondary N) is 1. The molecule has 2 aromatic rings. The van der Waals surface area contributed by atoms with Crippen molar-refractivity contribution in [3.8, 4) is 17.2 Å². The zero-order valence-electron chi connectivity index (χ0n) is 15.8. The van der Waals surface area contributed by atoms with Gasteiger partial charge < -0.3 is 24.3 Å². The minimum Gasteiger partial charge on any atom is -0.492 e. The number of hydrogen-bond acceptors (Lipinski definition) is 6. The summed E-state index contributed by atoms with van der Waals surface area (Å²) in [6.07, 6.45) is -0.461. The topological polar surface area (TPSA) is 83.1 Å². The van der Waals surface area contributed by atoms with Crippen molar-refractivity contribution in [3.63, 3.8) is 0 Å². The molecule has 2 aromatic carbocycles. The van der Waals surface area contributed by atoms with Crippen LogP contribution in [0.4, 0.5) is 0 Å². The van der Waals surface area contributed by atoms with Gasteiger partial charge in [0.2, 0.25) is 6.79 Å². The lowest BCUT2D eigenvalue weighted by Crippen LogP contribution is -2.38. The van der Waals surface area contributed by atoms with Crippen LogP contribution >= 0.6 is 11.6 Å². The van der Waals surface area contributed by atoms with E-state index < -0.39 is 18.0 Å². The molecule has 1 N–H and O–H groups in total. The normalized spacial score (nSPS) is 17.7. The number of carbonyl (C=O) groups excluding carboxylic acids is 2. The Balaban J connectivity index is 1.29. The van der Waals surface area contributed by atoms with Gasteiger partial charge in [0.05, 0.1) is 5.92 Å². The first-order valence-corrected chi connectivity index (χ1v) is 9.65. The van der Waals surface area contributed by atoms with Crippen LogP contribution in [0.5, 0.6) is 17.2 Å². The van der Waals surface area contributed by atoms with Crippen molar-refractivity contribution in [1.82, 2.24) is 5.32 Å². The number of halogens is 1. The van der Waals surface area contributed by atoms with Gasteiger partial charge in [-0.1, -0.05) is 17.7 Å². The molecule has 7 nitrogen and oxygen atoms in total. The zero-order chi connectivity index (χ0) is 20.4. The number of fused-ring (bicyclic) bond motifs is 2. The summed E-state index contributed by atoms with van der Waals surface area (Å²) in [4.78, 5) is 24.8. The summed E-state index contributed by atoms with van der Waals surface area (Å²) in [5, 5.41) is 3.34. The predicted octanol–water partition coefficient (Wildman–Crippen LogP) is 2.87. The zero-order valence-corrected chi connectivity index (χ0v) is 16.5. The second-order valence-electron chi connectivity index (χ2n) is 6.95. The van der Waals surface area contributed by atoms with E-state index in [1.807, 2.05) is 6.07 Å². The molecule has 2 aliphatic rings. The Morgan fingerprint density at radius 3 is 2.79 bits per heavy atom. The van der Waals surface area contributed by atoms with Crippen molar-refractivity contribution in [2.45, 2.75) is 26.0 Å². The van der Waals surface area contributed by atoms with Gasteiger partial charge in [-0.15, -0.1) is 0 Å². The summed E-state index contributed by atoms with van der Waals surface area (Å²) in [6.45, 7) is 2.23. The van der Waals surface area contributed by atoms with E-state index in [2.05, 4.69) is 5.32 Å². The average Bonchev–Trinajstić information content (AvgIpc) is 3.19. The summed E-state index contributed by atoms with van der Waals surface area (Å²) in [5.41, 5.74) is 1.71. The van der Waals surface area contributed by atoms with Crippen molar-refractivity contribution in [2.75, 3.05) is 13.4 Å². The van der Waals surface area contributed by atoms with E-state index in [4.69, 9.17) is 30.5 Å². The molecule has 0 radical (unpaired) electrons. The first-order chi connectivity index (χ1) is 14.0. The minimum atomic E-state index is -0.919. The molecular weight excluding hydrogens is 398 g/mol. The first-order valence-electron chi connectivity index (χ1n) is 9.27. The number of ether oxygens (including phenoxy) is 4. The van der Waals surface area contributed by atoms with Gasteiger partial charge in [-0.05, 0) is 54.8 Å². The van der Waals surface area contributed by atoms with E-state index in [9.17, 15) is 9.59 Å². The van der Waals surface area contributed by atoms with E-state index in [1.54, 1.807) is 37.3 Å². The van der Waals surface area contributed by atoms with Gasteiger partial charge in [-0.2, -0.15) is 0 Å². The third-order valence-corrected chi connectivity index (χ3v) is 5.06. The van der Waals surface area contributed by atoms with Crippen LogP contribution in [0.3, 0.4) is 0 Å². The molecule has 8 heteroatoms. The van der Waals surface area contributed by atoms with Crippen LogP contribution in [-0.2, 0) is 27.3 Å². The van der Waals surface area contributed by atoms with Crippen LogP contribution in [0.2, 0.25) is 5.02 Å². The van der Waals surface area contributed by atoms with Crippen molar-refractivity contribution in [1.29, 1.82) is 0 Å². The lowest BCUT2D eigenvalue weighted by molar-refractivity contribution is -0.160. The Labute approximate surface area is 172 Å². The van der Waals surface area contributed by atoms with Gasteiger partial charge in [-0.3, -0.25) is 9.59 Å². The summed E-state index contributed by atoms with van der Waals surface area (Å²) < 4.78 is 21.5. The maximum absolute atomic E-state index is 12.5. The molecule has 0 aromatic heterocycles. The number of benzene rings is 2. The Morgan fingerprint density at radius 1 is 1.14 bits per heavy atom. The van der Waals surface area contributed by atoms with Crippen LogP contribution < -0.4 is 19.5 Å². The van der Waals surface area contributed by atoms with Gasteiger partial charge in [0, 0.05) is 11.6 Å². The van der Waals surface area contributed by atoms with Crippen molar-refractivity contribution >= 4 is 23.5 Å². The van der Waals surface area contributed by atoms with Crippen molar-refractivity contribution in [2.24, 2.45) is 5.92 Å². The summed E-state index contributed by atoms with van der Waals surface area (Å²) >= 11 is 6.01. The van der Waals surface area contributed by atoms with Crippen molar-refractivity contribution in [3.05, 3.63) is 52.5 Å². The maximum Gasteiger partial charge on any atom is 0.313 e. The Bertz CT molecular complexity index is 947. The number of carbonyl (C=O) groups is 2. The Morgan fingerprint density at radius 2 is 1.93 bits per heavy atom. The molecular formula is C21H20ClNO6. The third-order valence-electron chi connectivity index (χ3n) is 4.83. The third kappa shape index (κ3) is 4.40. The smallest absolute Gasteiger partial charge is 0.313 e. The van der Waals surface area contributed by atoms with Crippen LogP contribution in [-0.4, -0.2) is 31.4 Å². The molecule has 0 unspecified atom stereocenters. The number of rotatable bonds is 5. The SMILES string of the molecule is C[C@H](OC(=O)[C@H]1COc2ccc(Cl)cc2C1)C(=O)NCc1ccc2c(c1)OCO2. The summed E-state index contributed by atoms with van der Waals surface area (Å²) in [6, 6.07) is 10.7. The highest BCUT2D eigenvalue weighted by molar-refractivity contribution is 6.30. The van der Waals surface area contributed by atoms with Gasteiger partial charge in [-0.25, -0.2) is 0 Å². The van der Waals surface area contributed by atoms with Gasteiger partial charge in [0.25, 0.3) is 5.91 Å². The molecule has 1 amide bonds. The number of esters is 1. The molecule has 29 heavy (non-hydrogen) atoms. The summed E-state index contributed by atoms with van der Waals surface area (Å²) in [5.74, 6) is 0.712. The van der Waals surface area contributed by atoms with Gasteiger partial charge in [0.15, 0.2) is 17.6 Å². The standard InChI is InChI=1S/C21H20ClNO6/c1-12(20(24)23-9-13-2-4-18-19(6-13)28-11-27-18)29-21(25)15-7-14-8-16(22)3-5-17(14)26-10-15/h2-6,8,12,15H,7,9-11H2,1H3,(H,23,24)/t12-,15+/m0/s1. The quantitative estimate of drug-likeness (QED) is 0.753. The second kappa shape index (κ2) is 8.21. The minimum absolute atomic E-state index is 0.194. The molecule has 0 saturated heterocycles. The lowest BCUT2D eigenvalue weighted by Gasteiger charge is -2.25. The number of hydrogen-bond donors (Lipinski definition) is 1. The Hall–Kier alpha value is -2.93. The molecule has 2 atom stereocenters. The van der Waals surface area contributed by atoms with Crippen LogP contribution in [0.1, 0.15) is 18.1 Å². The molecule has 0 bridgehead atoms. The van der Waals surface area contributed by atoms with Crippen LogP contribution in [0.25, 0.3) is 0 Å². The van der Waals surface area contributed by atoms with Crippen LogP contribution in [0.15, 0.2) is 36.4 Å². The molecule has 0 spiro atoms. The molecule has 2 heterocycles. The summed E-state index contributed by atoms with van der Waals surface area (Å²) in [7, 11) is 0. The van der Waals surface area contributed by atoms with E-state index in [1.165, 1.54) is 0 Å². The fraction of sp³-hybridized carbons (Fsp3) is 0.333. The van der Waals surface area contributed by atoms with Crippen LogP contribution in [0, 0.1) is 5.92 Å². The molecule has 0 saturated carbocycles. The highest BCUT2D eigenvalue weighted by Gasteiger charge is 2.30. The highest BCUT2D eigenvalue weighted by atomic mass is 35.5. The second-order valence-corrected chi connectivity index (χ2v) is 7.39. The maximum atomic E-state index is 12.5. The first kappa shape index (κ1) is 19.4. The van der Waals surface area contributed by atoms with Gasteiger partial charge in [0.1, 0.15) is 12.4 Å². The monoisotopic (exact) mass is 417 g/mol. The molecule has 0 aliphatic carbocycles. The number of amides is 1. The largest absolute Gasteiger partial charge is 0.492 e. The van der Waals surface area contributed by atoms with E-state index in [0.717, 1.165) is 11.1 Å². The van der Waals surface area contributed by atoms with E-state index in [0.29, 0.717) is 28.7 Å². The average molecular weight is 418 g/mol. The molecule has 0 fully saturated rings. The van der Waals surface area contributed by atoms with E-state index in [-0.39, 0.29) is 25.9 Å². The van der Waals surface area contributed by atoms with Crippen molar-refractivity contribution < 1.29 is 28.5 Å². The molecule has 152 valence electrons. The highest BCUT2D eigenvalue weighted by Crippen LogP contribution is 2.32. The predicted molar refractivity (Wildman–Crippen MR) is 104 cm³/mol. The lowest BCUT2D eigenvalue weighted by atomic mass is 9.97. The fourth-order valence-corrected chi connectivity index (χ4v) is 3.42. The van der Waals surface area contributed by atoms with E-state index >= 15 is 0 Å². The fourth-order valence-electron chi connectivity index (χ4n) is 3.22. The Kier molecular flexibility index (Phi) is 5.49. The molecule has 4 rings (SSSR count). The molecule has 2 aliphatic heterocycles. The van der Waals surface area contributed by atoms with Gasteiger partial charge >= 0.3 is 5.97 Å².